The molecule has 80 valence electrons. The number of nitrogens with zero attached hydrogens (tertiary/aromatic N) is 1. The zero-order chi connectivity index (χ0) is 10.9. The van der Waals surface area contributed by atoms with Crippen molar-refractivity contribution >= 4 is 22.9 Å². The maximum atomic E-state index is 12.1. The summed E-state index contributed by atoms with van der Waals surface area (Å²) in [6.45, 7) is 3.89. The average molecular weight is 223 g/mol. The van der Waals surface area contributed by atoms with Gasteiger partial charge in [-0.25, -0.2) is 0 Å². The molecular formula is C11H13NO2S. The number of thioether (sulfide) groups is 1. The van der Waals surface area contributed by atoms with Crippen molar-refractivity contribution in [1.29, 1.82) is 0 Å². The summed E-state index contributed by atoms with van der Waals surface area (Å²) in [5.41, 5.74) is 0. The lowest BCUT2D eigenvalue weighted by Gasteiger charge is -2.25. The van der Waals surface area contributed by atoms with Crippen molar-refractivity contribution < 1.29 is 9.59 Å². The van der Waals surface area contributed by atoms with E-state index in [1.165, 1.54) is 16.7 Å². The first kappa shape index (κ1) is 10.5. The molecule has 1 heterocycles. The molecular weight excluding hydrogens is 210 g/mol. The minimum absolute atomic E-state index is 0.0400. The second-order valence-electron chi connectivity index (χ2n) is 3.78. The molecule has 4 heteroatoms. The second kappa shape index (κ2) is 3.85. The minimum atomic E-state index is -0.505. The first-order chi connectivity index (χ1) is 7.19. The van der Waals surface area contributed by atoms with Gasteiger partial charge < -0.3 is 0 Å². The fourth-order valence-electron chi connectivity index (χ4n) is 1.98. The first-order valence-electron chi connectivity index (χ1n) is 5.00. The molecule has 1 unspecified atom stereocenters. The summed E-state index contributed by atoms with van der Waals surface area (Å²) in [6, 6.07) is 0. The van der Waals surface area contributed by atoms with Crippen LogP contribution in [0.2, 0.25) is 0 Å². The van der Waals surface area contributed by atoms with Gasteiger partial charge in [0, 0.05) is 6.54 Å². The highest BCUT2D eigenvalue weighted by atomic mass is 32.2. The summed E-state index contributed by atoms with van der Waals surface area (Å²) in [4.78, 5) is 25.0. The number of carbonyl (C=O) groups excluding carboxylic acids is 2. The van der Waals surface area contributed by atoms with Gasteiger partial charge in [-0.2, -0.15) is 0 Å². The molecule has 15 heavy (non-hydrogen) atoms. The lowest BCUT2D eigenvalue weighted by molar-refractivity contribution is -0.129. The zero-order valence-corrected chi connectivity index (χ0v) is 9.26. The van der Waals surface area contributed by atoms with E-state index in [1.54, 1.807) is 6.08 Å². The van der Waals surface area contributed by atoms with Crippen LogP contribution in [-0.2, 0) is 4.79 Å². The van der Waals surface area contributed by atoms with Gasteiger partial charge in [0.2, 0.25) is 5.91 Å². The van der Waals surface area contributed by atoms with Gasteiger partial charge >= 0.3 is 0 Å². The number of allylic oxidation sites excluding steroid dienone is 2. The van der Waals surface area contributed by atoms with Crippen LogP contribution in [-0.4, -0.2) is 27.3 Å². The molecule has 2 rings (SSSR count). The summed E-state index contributed by atoms with van der Waals surface area (Å²) >= 11 is 1.18. The highest BCUT2D eigenvalue weighted by Gasteiger charge is 2.51. The fourth-order valence-corrected chi connectivity index (χ4v) is 3.18. The van der Waals surface area contributed by atoms with Crippen molar-refractivity contribution in [2.75, 3.05) is 6.54 Å². The van der Waals surface area contributed by atoms with Crippen molar-refractivity contribution in [3.05, 3.63) is 24.8 Å². The van der Waals surface area contributed by atoms with Gasteiger partial charge in [0.1, 0.15) is 4.75 Å². The number of imide groups is 1. The van der Waals surface area contributed by atoms with E-state index in [1.807, 2.05) is 6.08 Å². The molecule has 2 amide bonds. The van der Waals surface area contributed by atoms with E-state index in [0.29, 0.717) is 13.0 Å². The monoisotopic (exact) mass is 223 g/mol. The Hall–Kier alpha value is -1.03. The van der Waals surface area contributed by atoms with E-state index in [9.17, 15) is 9.59 Å². The Balaban J connectivity index is 2.23. The van der Waals surface area contributed by atoms with Gasteiger partial charge in [-0.15, -0.1) is 6.58 Å². The molecule has 2 aliphatic rings. The highest BCUT2D eigenvalue weighted by Crippen LogP contribution is 2.45. The zero-order valence-electron chi connectivity index (χ0n) is 8.44. The van der Waals surface area contributed by atoms with Gasteiger partial charge in [0.05, 0.1) is 0 Å². The minimum Gasteiger partial charge on any atom is -0.273 e. The molecule has 1 aliphatic carbocycles. The van der Waals surface area contributed by atoms with E-state index in [4.69, 9.17) is 0 Å². The van der Waals surface area contributed by atoms with Gasteiger partial charge in [0.15, 0.2) is 0 Å². The molecule has 0 aromatic carbocycles. The van der Waals surface area contributed by atoms with Crippen LogP contribution in [0, 0.1) is 0 Å². The van der Waals surface area contributed by atoms with E-state index >= 15 is 0 Å². The molecule has 1 fully saturated rings. The predicted molar refractivity (Wildman–Crippen MR) is 60.6 cm³/mol. The molecule has 0 N–H and O–H groups in total. The Morgan fingerprint density at radius 2 is 2.33 bits per heavy atom. The molecule has 1 saturated heterocycles. The molecule has 0 aromatic rings. The van der Waals surface area contributed by atoms with Crippen molar-refractivity contribution in [1.82, 2.24) is 4.90 Å². The van der Waals surface area contributed by atoms with E-state index in [-0.39, 0.29) is 11.1 Å². The van der Waals surface area contributed by atoms with Crippen LogP contribution in [0.15, 0.2) is 24.8 Å². The molecule has 3 nitrogen and oxygen atoms in total. The summed E-state index contributed by atoms with van der Waals surface area (Å²) in [5.74, 6) is -0.0400. The SMILES string of the molecule is C=CCN1C(=O)SC2(CC=CCC2)C1=O. The summed E-state index contributed by atoms with van der Waals surface area (Å²) in [5, 5.41) is -0.129. The molecule has 0 aromatic heterocycles. The highest BCUT2D eigenvalue weighted by molar-refractivity contribution is 8.16. The Labute approximate surface area is 93.2 Å². The number of carbonyl (C=O) groups is 2. The first-order valence-corrected chi connectivity index (χ1v) is 5.82. The number of amides is 2. The smallest absolute Gasteiger partial charge is 0.273 e. The summed E-state index contributed by atoms with van der Waals surface area (Å²) < 4.78 is -0.505. The maximum Gasteiger partial charge on any atom is 0.289 e. The third-order valence-electron chi connectivity index (χ3n) is 2.78. The van der Waals surface area contributed by atoms with Crippen LogP contribution in [0.5, 0.6) is 0 Å². The Morgan fingerprint density at radius 1 is 1.53 bits per heavy atom. The Bertz CT molecular complexity index is 350. The molecule has 0 saturated carbocycles. The van der Waals surface area contributed by atoms with Gasteiger partial charge in [-0.1, -0.05) is 18.2 Å². The van der Waals surface area contributed by atoms with Crippen molar-refractivity contribution in [3.8, 4) is 0 Å². The van der Waals surface area contributed by atoms with E-state index in [2.05, 4.69) is 12.7 Å². The lowest BCUT2D eigenvalue weighted by Crippen LogP contribution is -2.40. The number of hydrogen-bond donors (Lipinski definition) is 0. The second-order valence-corrected chi connectivity index (χ2v) is 5.12. The predicted octanol–water partition coefficient (Wildman–Crippen LogP) is 2.35. The third kappa shape index (κ3) is 1.63. The van der Waals surface area contributed by atoms with Gasteiger partial charge in [0.25, 0.3) is 5.24 Å². The van der Waals surface area contributed by atoms with Crippen molar-refractivity contribution in [2.24, 2.45) is 0 Å². The maximum absolute atomic E-state index is 12.1. The Morgan fingerprint density at radius 3 is 2.93 bits per heavy atom. The van der Waals surface area contributed by atoms with E-state index < -0.39 is 4.75 Å². The van der Waals surface area contributed by atoms with E-state index in [0.717, 1.165) is 12.8 Å². The normalized spacial score (nSPS) is 30.3. The van der Waals surface area contributed by atoms with Crippen LogP contribution < -0.4 is 0 Å². The van der Waals surface area contributed by atoms with Crippen LogP contribution in [0.4, 0.5) is 4.79 Å². The lowest BCUT2D eigenvalue weighted by atomic mass is 9.92. The molecule has 1 spiro atoms. The largest absolute Gasteiger partial charge is 0.289 e. The van der Waals surface area contributed by atoms with Crippen LogP contribution >= 0.6 is 11.8 Å². The Kier molecular flexibility index (Phi) is 2.69. The number of rotatable bonds is 2. The topological polar surface area (TPSA) is 37.4 Å². The summed E-state index contributed by atoms with van der Waals surface area (Å²) in [7, 11) is 0. The van der Waals surface area contributed by atoms with Crippen molar-refractivity contribution in [2.45, 2.75) is 24.0 Å². The molecule has 1 atom stereocenters. The van der Waals surface area contributed by atoms with Gasteiger partial charge in [-0.3, -0.25) is 14.5 Å². The summed E-state index contributed by atoms with van der Waals surface area (Å²) in [6.07, 6.45) is 7.99. The quantitative estimate of drug-likeness (QED) is 0.674. The molecule has 0 bridgehead atoms. The number of hydrogen-bond acceptors (Lipinski definition) is 3. The van der Waals surface area contributed by atoms with Gasteiger partial charge in [-0.05, 0) is 31.0 Å². The standard InChI is InChI=1S/C11H13NO2S/c1-2-8-12-9(13)11(15-10(12)14)6-4-3-5-7-11/h2-4H,1,5-8H2. The third-order valence-corrected chi connectivity index (χ3v) is 4.11. The molecule has 1 aliphatic heterocycles. The van der Waals surface area contributed by atoms with Crippen LogP contribution in [0.25, 0.3) is 0 Å². The average Bonchev–Trinajstić information content (AvgIpc) is 2.45. The van der Waals surface area contributed by atoms with Crippen LogP contribution in [0.3, 0.4) is 0 Å². The van der Waals surface area contributed by atoms with Crippen molar-refractivity contribution in [3.63, 3.8) is 0 Å². The fraction of sp³-hybridized carbons (Fsp3) is 0.455. The van der Waals surface area contributed by atoms with Crippen LogP contribution in [0.1, 0.15) is 19.3 Å². The molecule has 0 radical (unpaired) electrons.